The molecule has 1 atom stereocenters. The lowest BCUT2D eigenvalue weighted by Gasteiger charge is -2.15. The highest BCUT2D eigenvalue weighted by Crippen LogP contribution is 2.18. The predicted molar refractivity (Wildman–Crippen MR) is 53.1 cm³/mol. The summed E-state index contributed by atoms with van der Waals surface area (Å²) in [6.07, 6.45) is 2.14. The van der Waals surface area contributed by atoms with Crippen LogP contribution in [0.5, 0.6) is 0 Å². The second-order valence-electron chi connectivity index (χ2n) is 3.18. The Labute approximate surface area is 79.0 Å². The van der Waals surface area contributed by atoms with Crippen LogP contribution in [0.2, 0.25) is 0 Å². The first-order chi connectivity index (χ1) is 6.27. The molecule has 0 aromatic heterocycles. The first kappa shape index (κ1) is 10.2. The first-order valence-electron chi connectivity index (χ1n) is 4.70. The smallest absolute Gasteiger partial charge is 0.123 e. The summed E-state index contributed by atoms with van der Waals surface area (Å²) in [4.78, 5) is 0. The molecule has 0 aliphatic rings. The molecule has 0 aliphatic carbocycles. The van der Waals surface area contributed by atoms with Crippen molar-refractivity contribution in [3.8, 4) is 0 Å². The van der Waals surface area contributed by atoms with Gasteiger partial charge in [-0.25, -0.2) is 4.39 Å². The summed E-state index contributed by atoms with van der Waals surface area (Å²) in [5.41, 5.74) is 1.03. The van der Waals surface area contributed by atoms with Gasteiger partial charge < -0.3 is 5.32 Å². The van der Waals surface area contributed by atoms with Crippen molar-refractivity contribution in [3.05, 3.63) is 35.6 Å². The highest BCUT2D eigenvalue weighted by Gasteiger charge is 2.07. The molecule has 72 valence electrons. The van der Waals surface area contributed by atoms with E-state index < -0.39 is 0 Å². The van der Waals surface area contributed by atoms with Gasteiger partial charge in [-0.2, -0.15) is 0 Å². The molecule has 0 fully saturated rings. The maximum absolute atomic E-state index is 12.9. The van der Waals surface area contributed by atoms with Gasteiger partial charge in [-0.1, -0.05) is 25.5 Å². The van der Waals surface area contributed by atoms with Gasteiger partial charge in [-0.05, 0) is 31.2 Å². The molecule has 1 N–H and O–H groups in total. The van der Waals surface area contributed by atoms with Gasteiger partial charge in [0.15, 0.2) is 0 Å². The predicted octanol–water partition coefficient (Wildman–Crippen LogP) is 2.89. The fraction of sp³-hybridized carbons (Fsp3) is 0.455. The van der Waals surface area contributed by atoms with Gasteiger partial charge in [0.25, 0.3) is 0 Å². The second-order valence-corrected chi connectivity index (χ2v) is 3.18. The lowest BCUT2D eigenvalue weighted by Crippen LogP contribution is -2.15. The Balaban J connectivity index is 2.78. The molecular formula is C11H16FN. The largest absolute Gasteiger partial charge is 0.313 e. The highest BCUT2D eigenvalue weighted by atomic mass is 19.1. The molecule has 0 saturated heterocycles. The van der Waals surface area contributed by atoms with Crippen LogP contribution in [0.25, 0.3) is 0 Å². The number of hydrogen-bond donors (Lipinski definition) is 1. The van der Waals surface area contributed by atoms with Gasteiger partial charge in [0, 0.05) is 6.04 Å². The Morgan fingerprint density at radius 1 is 1.46 bits per heavy atom. The molecular weight excluding hydrogens is 165 g/mol. The van der Waals surface area contributed by atoms with Crippen molar-refractivity contribution in [1.29, 1.82) is 0 Å². The van der Waals surface area contributed by atoms with Crippen molar-refractivity contribution >= 4 is 0 Å². The molecule has 1 aromatic rings. The fourth-order valence-corrected chi connectivity index (χ4v) is 1.49. The Morgan fingerprint density at radius 2 is 2.23 bits per heavy atom. The number of benzene rings is 1. The number of hydrogen-bond acceptors (Lipinski definition) is 1. The van der Waals surface area contributed by atoms with Gasteiger partial charge in [0.1, 0.15) is 5.82 Å². The lowest BCUT2D eigenvalue weighted by molar-refractivity contribution is 0.535. The van der Waals surface area contributed by atoms with E-state index in [2.05, 4.69) is 12.2 Å². The van der Waals surface area contributed by atoms with E-state index in [0.29, 0.717) is 0 Å². The summed E-state index contributed by atoms with van der Waals surface area (Å²) in [5.74, 6) is -0.158. The van der Waals surface area contributed by atoms with Gasteiger partial charge in [-0.15, -0.1) is 0 Å². The summed E-state index contributed by atoms with van der Waals surface area (Å²) < 4.78 is 12.9. The van der Waals surface area contributed by atoms with Crippen molar-refractivity contribution in [2.45, 2.75) is 25.8 Å². The van der Waals surface area contributed by atoms with Crippen LogP contribution in [0.15, 0.2) is 24.3 Å². The molecule has 0 aliphatic heterocycles. The third-order valence-corrected chi connectivity index (χ3v) is 2.18. The molecule has 1 aromatic carbocycles. The Hall–Kier alpha value is -0.890. The van der Waals surface area contributed by atoms with Crippen LogP contribution >= 0.6 is 0 Å². The minimum atomic E-state index is -0.158. The van der Waals surface area contributed by atoms with Crippen molar-refractivity contribution < 1.29 is 4.39 Å². The molecule has 13 heavy (non-hydrogen) atoms. The van der Waals surface area contributed by atoms with E-state index in [0.717, 1.165) is 18.4 Å². The zero-order valence-electron chi connectivity index (χ0n) is 8.18. The molecule has 0 radical (unpaired) electrons. The summed E-state index contributed by atoms with van der Waals surface area (Å²) in [6.45, 7) is 2.13. The highest BCUT2D eigenvalue weighted by molar-refractivity contribution is 5.19. The van der Waals surface area contributed by atoms with Crippen LogP contribution < -0.4 is 5.32 Å². The van der Waals surface area contributed by atoms with Crippen molar-refractivity contribution in [2.75, 3.05) is 7.05 Å². The molecule has 1 nitrogen and oxygen atoms in total. The maximum Gasteiger partial charge on any atom is 0.123 e. The summed E-state index contributed by atoms with van der Waals surface area (Å²) in [7, 11) is 1.91. The minimum Gasteiger partial charge on any atom is -0.313 e. The molecule has 0 spiro atoms. The average Bonchev–Trinajstić information content (AvgIpc) is 2.14. The third kappa shape index (κ3) is 2.81. The SMILES string of the molecule is CCCC(NC)c1cccc(F)c1. The molecule has 1 rings (SSSR count). The molecule has 0 saturated carbocycles. The summed E-state index contributed by atoms with van der Waals surface area (Å²) in [6, 6.07) is 7.06. The molecule has 0 heterocycles. The van der Waals surface area contributed by atoms with Crippen LogP contribution in [-0.2, 0) is 0 Å². The van der Waals surface area contributed by atoms with Crippen LogP contribution in [0, 0.1) is 5.82 Å². The molecule has 0 bridgehead atoms. The van der Waals surface area contributed by atoms with E-state index in [9.17, 15) is 4.39 Å². The van der Waals surface area contributed by atoms with Gasteiger partial charge >= 0.3 is 0 Å². The monoisotopic (exact) mass is 181 g/mol. The van der Waals surface area contributed by atoms with Crippen molar-refractivity contribution in [3.63, 3.8) is 0 Å². The number of nitrogens with one attached hydrogen (secondary N) is 1. The topological polar surface area (TPSA) is 12.0 Å². The minimum absolute atomic E-state index is 0.158. The quantitative estimate of drug-likeness (QED) is 0.753. The molecule has 0 amide bonds. The Morgan fingerprint density at radius 3 is 2.77 bits per heavy atom. The second kappa shape index (κ2) is 4.97. The summed E-state index contributed by atoms with van der Waals surface area (Å²) >= 11 is 0. The zero-order valence-corrected chi connectivity index (χ0v) is 8.18. The molecule has 2 heteroatoms. The number of rotatable bonds is 4. The van der Waals surface area contributed by atoms with Crippen molar-refractivity contribution in [1.82, 2.24) is 5.32 Å². The zero-order chi connectivity index (χ0) is 9.68. The van der Waals surface area contributed by atoms with E-state index in [1.165, 1.54) is 6.07 Å². The van der Waals surface area contributed by atoms with E-state index in [1.807, 2.05) is 13.1 Å². The lowest BCUT2D eigenvalue weighted by atomic mass is 10.0. The van der Waals surface area contributed by atoms with Crippen molar-refractivity contribution in [2.24, 2.45) is 0 Å². The normalized spacial score (nSPS) is 12.8. The summed E-state index contributed by atoms with van der Waals surface area (Å²) in [5, 5.41) is 3.18. The van der Waals surface area contributed by atoms with Crippen LogP contribution in [0.1, 0.15) is 31.4 Å². The van der Waals surface area contributed by atoms with Crippen LogP contribution in [-0.4, -0.2) is 7.05 Å². The maximum atomic E-state index is 12.9. The van der Waals surface area contributed by atoms with E-state index in [1.54, 1.807) is 12.1 Å². The first-order valence-corrected chi connectivity index (χ1v) is 4.70. The van der Waals surface area contributed by atoms with Gasteiger partial charge in [-0.3, -0.25) is 0 Å². The fourth-order valence-electron chi connectivity index (χ4n) is 1.49. The van der Waals surface area contributed by atoms with Crippen LogP contribution in [0.3, 0.4) is 0 Å². The van der Waals surface area contributed by atoms with Gasteiger partial charge in [0.2, 0.25) is 0 Å². The Kier molecular flexibility index (Phi) is 3.90. The van der Waals surface area contributed by atoms with Crippen LogP contribution in [0.4, 0.5) is 4.39 Å². The molecule has 1 unspecified atom stereocenters. The van der Waals surface area contributed by atoms with E-state index in [4.69, 9.17) is 0 Å². The third-order valence-electron chi connectivity index (χ3n) is 2.18. The average molecular weight is 181 g/mol. The number of halogens is 1. The van der Waals surface area contributed by atoms with E-state index >= 15 is 0 Å². The Bertz CT molecular complexity index is 260. The standard InChI is InChI=1S/C11H16FN/c1-3-5-11(13-2)9-6-4-7-10(12)8-9/h4,6-8,11,13H,3,5H2,1-2H3. The van der Waals surface area contributed by atoms with E-state index in [-0.39, 0.29) is 11.9 Å². The van der Waals surface area contributed by atoms with Gasteiger partial charge in [0.05, 0.1) is 0 Å².